The molecule has 3 rings (SSSR count). The number of hydrogen-bond acceptors (Lipinski definition) is 3. The topological polar surface area (TPSA) is 58.6 Å². The number of carbonyl (C=O) groups is 2. The number of amides is 2. The van der Waals surface area contributed by atoms with Crippen molar-refractivity contribution >= 4 is 33.4 Å². The fourth-order valence-electron chi connectivity index (χ4n) is 3.20. The summed E-state index contributed by atoms with van der Waals surface area (Å²) in [6.07, 6.45) is 2.45. The van der Waals surface area contributed by atoms with Crippen LogP contribution in [0.5, 0.6) is 0 Å². The van der Waals surface area contributed by atoms with Crippen LogP contribution in [0.4, 0.5) is 5.69 Å². The van der Waals surface area contributed by atoms with Gasteiger partial charge in [-0.2, -0.15) is 0 Å². The van der Waals surface area contributed by atoms with Crippen molar-refractivity contribution < 1.29 is 14.3 Å². The van der Waals surface area contributed by atoms with E-state index in [1.807, 2.05) is 25.1 Å². The first-order chi connectivity index (χ1) is 11.0. The molecule has 1 aromatic carbocycles. The Bertz CT molecular complexity index is 614. The number of benzene rings is 1. The standard InChI is InChI=1S/C17H21BrN2O3/c1-11-7-13(18)4-5-15(11)20-10-12(8-16(20)21)17(22)19-9-14-3-2-6-23-14/h4-5,7,12,14H,2-3,6,8-10H2,1H3,(H,19,22). The minimum atomic E-state index is -0.285. The van der Waals surface area contributed by atoms with Crippen LogP contribution in [0.1, 0.15) is 24.8 Å². The molecule has 2 unspecified atom stereocenters. The molecule has 124 valence electrons. The van der Waals surface area contributed by atoms with Crippen molar-refractivity contribution in [2.24, 2.45) is 5.92 Å². The van der Waals surface area contributed by atoms with Crippen molar-refractivity contribution in [2.75, 3.05) is 24.6 Å². The van der Waals surface area contributed by atoms with Crippen LogP contribution in [0, 0.1) is 12.8 Å². The van der Waals surface area contributed by atoms with E-state index >= 15 is 0 Å². The van der Waals surface area contributed by atoms with E-state index in [-0.39, 0.29) is 30.3 Å². The van der Waals surface area contributed by atoms with Gasteiger partial charge >= 0.3 is 0 Å². The Balaban J connectivity index is 1.61. The summed E-state index contributed by atoms with van der Waals surface area (Å²) in [5.41, 5.74) is 1.90. The van der Waals surface area contributed by atoms with Crippen LogP contribution in [0.15, 0.2) is 22.7 Å². The van der Waals surface area contributed by atoms with Gasteiger partial charge in [0.05, 0.1) is 12.0 Å². The van der Waals surface area contributed by atoms with Gasteiger partial charge in [0.15, 0.2) is 0 Å². The Morgan fingerprint density at radius 3 is 3.00 bits per heavy atom. The summed E-state index contributed by atoms with van der Waals surface area (Å²) in [5, 5.41) is 2.93. The first-order valence-corrected chi connectivity index (χ1v) is 8.79. The summed E-state index contributed by atoms with van der Waals surface area (Å²) >= 11 is 3.43. The second-order valence-electron chi connectivity index (χ2n) is 6.22. The summed E-state index contributed by atoms with van der Waals surface area (Å²) in [7, 11) is 0. The molecule has 5 nitrogen and oxygen atoms in total. The molecule has 6 heteroatoms. The number of halogens is 1. The maximum Gasteiger partial charge on any atom is 0.227 e. The zero-order valence-corrected chi connectivity index (χ0v) is 14.8. The van der Waals surface area contributed by atoms with Gasteiger partial charge in [0.2, 0.25) is 11.8 Å². The Morgan fingerprint density at radius 2 is 2.30 bits per heavy atom. The Kier molecular flexibility index (Phi) is 5.02. The molecule has 0 aromatic heterocycles. The first kappa shape index (κ1) is 16.5. The van der Waals surface area contributed by atoms with Gasteiger partial charge in [-0.15, -0.1) is 0 Å². The van der Waals surface area contributed by atoms with Crippen molar-refractivity contribution in [2.45, 2.75) is 32.3 Å². The predicted octanol–water partition coefficient (Wildman–Crippen LogP) is 2.41. The summed E-state index contributed by atoms with van der Waals surface area (Å²) in [5.74, 6) is -0.328. The van der Waals surface area contributed by atoms with Crippen LogP contribution in [-0.4, -0.2) is 37.6 Å². The quantitative estimate of drug-likeness (QED) is 0.872. The fourth-order valence-corrected chi connectivity index (χ4v) is 3.68. The average Bonchev–Trinajstić information content (AvgIpc) is 3.15. The first-order valence-electron chi connectivity index (χ1n) is 8.00. The van der Waals surface area contributed by atoms with Crippen LogP contribution < -0.4 is 10.2 Å². The molecule has 2 aliphatic rings. The monoisotopic (exact) mass is 380 g/mol. The molecule has 23 heavy (non-hydrogen) atoms. The van der Waals surface area contributed by atoms with Crippen LogP contribution in [0.2, 0.25) is 0 Å². The average molecular weight is 381 g/mol. The van der Waals surface area contributed by atoms with E-state index in [9.17, 15) is 9.59 Å². The highest BCUT2D eigenvalue weighted by Gasteiger charge is 2.35. The predicted molar refractivity (Wildman–Crippen MR) is 91.3 cm³/mol. The zero-order chi connectivity index (χ0) is 16.4. The lowest BCUT2D eigenvalue weighted by atomic mass is 10.1. The minimum absolute atomic E-state index is 0.00712. The summed E-state index contributed by atoms with van der Waals surface area (Å²) in [4.78, 5) is 26.3. The Labute approximate surface area is 144 Å². The number of nitrogens with one attached hydrogen (secondary N) is 1. The SMILES string of the molecule is Cc1cc(Br)ccc1N1CC(C(=O)NCC2CCCO2)CC1=O. The number of carbonyl (C=O) groups excluding carboxylic acids is 2. The summed E-state index contributed by atoms with van der Waals surface area (Å²) in [6.45, 7) is 3.73. The number of nitrogens with zero attached hydrogens (tertiary/aromatic N) is 1. The largest absolute Gasteiger partial charge is 0.376 e. The van der Waals surface area contributed by atoms with Crippen LogP contribution >= 0.6 is 15.9 Å². The summed E-state index contributed by atoms with van der Waals surface area (Å²) < 4.78 is 6.49. The van der Waals surface area contributed by atoms with Crippen molar-refractivity contribution in [1.29, 1.82) is 0 Å². The smallest absolute Gasteiger partial charge is 0.227 e. The molecule has 1 N–H and O–H groups in total. The minimum Gasteiger partial charge on any atom is -0.376 e. The van der Waals surface area contributed by atoms with E-state index in [2.05, 4.69) is 21.2 Å². The van der Waals surface area contributed by atoms with E-state index in [0.29, 0.717) is 13.1 Å². The Hall–Kier alpha value is -1.40. The number of rotatable bonds is 4. The van der Waals surface area contributed by atoms with Gasteiger partial charge in [-0.05, 0) is 43.5 Å². The van der Waals surface area contributed by atoms with E-state index in [1.54, 1.807) is 4.90 Å². The van der Waals surface area contributed by atoms with Crippen LogP contribution in [0.3, 0.4) is 0 Å². The van der Waals surface area contributed by atoms with Crippen LogP contribution in [0.25, 0.3) is 0 Å². The molecule has 2 amide bonds. The third-order valence-corrected chi connectivity index (χ3v) is 4.97. The molecule has 2 aliphatic heterocycles. The van der Waals surface area contributed by atoms with E-state index in [1.165, 1.54) is 0 Å². The molecule has 0 radical (unpaired) electrons. The fraction of sp³-hybridized carbons (Fsp3) is 0.529. The number of anilines is 1. The second-order valence-corrected chi connectivity index (χ2v) is 7.13. The van der Waals surface area contributed by atoms with Gasteiger partial charge in [-0.25, -0.2) is 0 Å². The van der Waals surface area contributed by atoms with Gasteiger partial charge in [0, 0.05) is 36.3 Å². The highest BCUT2D eigenvalue weighted by atomic mass is 79.9. The highest BCUT2D eigenvalue weighted by molar-refractivity contribution is 9.10. The molecule has 2 atom stereocenters. The second kappa shape index (κ2) is 7.01. The molecule has 0 saturated carbocycles. The van der Waals surface area contributed by atoms with Crippen molar-refractivity contribution in [3.63, 3.8) is 0 Å². The van der Waals surface area contributed by atoms with Crippen LogP contribution in [-0.2, 0) is 14.3 Å². The molecule has 2 saturated heterocycles. The lowest BCUT2D eigenvalue weighted by molar-refractivity contribution is -0.126. The lowest BCUT2D eigenvalue weighted by Crippen LogP contribution is -2.37. The molecule has 0 bridgehead atoms. The maximum atomic E-state index is 12.3. The van der Waals surface area contributed by atoms with E-state index < -0.39 is 0 Å². The number of hydrogen-bond donors (Lipinski definition) is 1. The molecule has 2 fully saturated rings. The van der Waals surface area contributed by atoms with Gasteiger partial charge in [0.25, 0.3) is 0 Å². The van der Waals surface area contributed by atoms with E-state index in [4.69, 9.17) is 4.74 Å². The molecule has 0 aliphatic carbocycles. The number of aryl methyl sites for hydroxylation is 1. The summed E-state index contributed by atoms with van der Waals surface area (Å²) in [6, 6.07) is 5.82. The zero-order valence-electron chi connectivity index (χ0n) is 13.2. The normalized spacial score (nSPS) is 24.3. The molecule has 2 heterocycles. The number of ether oxygens (including phenoxy) is 1. The highest BCUT2D eigenvalue weighted by Crippen LogP contribution is 2.29. The van der Waals surface area contributed by atoms with Crippen molar-refractivity contribution in [1.82, 2.24) is 5.32 Å². The molecule has 1 aromatic rings. The molecular formula is C17H21BrN2O3. The van der Waals surface area contributed by atoms with Gasteiger partial charge < -0.3 is 15.0 Å². The van der Waals surface area contributed by atoms with Gasteiger partial charge in [0.1, 0.15) is 0 Å². The third kappa shape index (κ3) is 3.75. The maximum absolute atomic E-state index is 12.3. The molecule has 0 spiro atoms. The third-order valence-electron chi connectivity index (χ3n) is 4.47. The van der Waals surface area contributed by atoms with E-state index in [0.717, 1.165) is 35.2 Å². The molecular weight excluding hydrogens is 360 g/mol. The lowest BCUT2D eigenvalue weighted by Gasteiger charge is -2.19. The Morgan fingerprint density at radius 1 is 1.48 bits per heavy atom. The van der Waals surface area contributed by atoms with Crippen molar-refractivity contribution in [3.8, 4) is 0 Å². The van der Waals surface area contributed by atoms with Gasteiger partial charge in [-0.1, -0.05) is 15.9 Å². The van der Waals surface area contributed by atoms with Gasteiger partial charge in [-0.3, -0.25) is 9.59 Å². The van der Waals surface area contributed by atoms with Crippen molar-refractivity contribution in [3.05, 3.63) is 28.2 Å².